The number of nitrogens with zero attached hydrogens (tertiary/aromatic N) is 2. The number of fused-ring (bicyclic) bond motifs is 2. The number of aromatic nitrogens is 2. The summed E-state index contributed by atoms with van der Waals surface area (Å²) in [6.45, 7) is 2.97. The van der Waals surface area contributed by atoms with E-state index in [0.29, 0.717) is 30.3 Å². The summed E-state index contributed by atoms with van der Waals surface area (Å²) in [6.07, 6.45) is 1.76. The average Bonchev–Trinajstić information content (AvgIpc) is 2.97. The third-order valence-electron chi connectivity index (χ3n) is 4.12. The molecule has 2 aromatic heterocycles. The molecule has 0 unspecified atom stereocenters. The lowest BCUT2D eigenvalue weighted by Crippen LogP contribution is -2.28. The largest absolute Gasteiger partial charge is 0.486 e. The molecule has 128 valence electrons. The SMILES string of the molecule is C[C@@H](NC(=O)c1c(Cl)nc2ccccn12)c1ccc2c(c1)OCCO2. The molecule has 1 aliphatic rings. The van der Waals surface area contributed by atoms with Crippen LogP contribution in [0.2, 0.25) is 5.15 Å². The quantitative estimate of drug-likeness (QED) is 0.781. The van der Waals surface area contributed by atoms with Crippen molar-refractivity contribution in [2.24, 2.45) is 0 Å². The second kappa shape index (κ2) is 6.29. The molecule has 0 saturated carbocycles. The second-order valence-electron chi connectivity index (χ2n) is 5.78. The highest BCUT2D eigenvalue weighted by Gasteiger charge is 2.21. The van der Waals surface area contributed by atoms with Gasteiger partial charge in [-0.15, -0.1) is 0 Å². The van der Waals surface area contributed by atoms with Crippen LogP contribution in [-0.4, -0.2) is 28.5 Å². The average molecular weight is 358 g/mol. The Balaban J connectivity index is 1.59. The molecule has 1 atom stereocenters. The van der Waals surface area contributed by atoms with E-state index in [1.165, 1.54) is 0 Å². The topological polar surface area (TPSA) is 64.9 Å². The van der Waals surface area contributed by atoms with Gasteiger partial charge in [-0.05, 0) is 36.8 Å². The number of carbonyl (C=O) groups is 1. The zero-order valence-corrected chi connectivity index (χ0v) is 14.3. The summed E-state index contributed by atoms with van der Waals surface area (Å²) in [4.78, 5) is 16.9. The Morgan fingerprint density at radius 1 is 1.24 bits per heavy atom. The molecule has 3 heterocycles. The predicted molar refractivity (Wildman–Crippen MR) is 93.5 cm³/mol. The maximum atomic E-state index is 12.7. The summed E-state index contributed by atoms with van der Waals surface area (Å²) in [5.74, 6) is 1.13. The van der Waals surface area contributed by atoms with E-state index in [4.69, 9.17) is 21.1 Å². The molecule has 3 aromatic rings. The zero-order chi connectivity index (χ0) is 17.4. The van der Waals surface area contributed by atoms with E-state index in [0.717, 1.165) is 11.3 Å². The smallest absolute Gasteiger partial charge is 0.272 e. The number of ether oxygens (including phenoxy) is 2. The molecule has 0 saturated heterocycles. The highest BCUT2D eigenvalue weighted by molar-refractivity contribution is 6.32. The van der Waals surface area contributed by atoms with Gasteiger partial charge in [0.2, 0.25) is 0 Å². The van der Waals surface area contributed by atoms with Gasteiger partial charge in [0.25, 0.3) is 5.91 Å². The summed E-state index contributed by atoms with van der Waals surface area (Å²) >= 11 is 6.16. The number of rotatable bonds is 3. The van der Waals surface area contributed by atoms with Crippen LogP contribution in [0.25, 0.3) is 5.65 Å². The summed E-state index contributed by atoms with van der Waals surface area (Å²) in [5, 5.41) is 3.14. The first-order chi connectivity index (χ1) is 12.1. The first kappa shape index (κ1) is 15.8. The van der Waals surface area contributed by atoms with Gasteiger partial charge in [0.1, 0.15) is 18.9 Å². The normalized spacial score (nSPS) is 14.3. The molecule has 0 radical (unpaired) electrons. The molecule has 0 spiro atoms. The minimum Gasteiger partial charge on any atom is -0.486 e. The molecule has 4 rings (SSSR count). The first-order valence-electron chi connectivity index (χ1n) is 7.96. The van der Waals surface area contributed by atoms with Crippen LogP contribution in [-0.2, 0) is 0 Å². The molecule has 25 heavy (non-hydrogen) atoms. The van der Waals surface area contributed by atoms with Crippen LogP contribution in [0, 0.1) is 0 Å². The highest BCUT2D eigenvalue weighted by atomic mass is 35.5. The summed E-state index contributed by atoms with van der Waals surface area (Å²) < 4.78 is 12.8. The third kappa shape index (κ3) is 2.89. The molecule has 1 amide bonds. The van der Waals surface area contributed by atoms with Crippen molar-refractivity contribution in [2.75, 3.05) is 13.2 Å². The molecule has 6 nitrogen and oxygen atoms in total. The van der Waals surface area contributed by atoms with Gasteiger partial charge in [0.05, 0.1) is 6.04 Å². The molecule has 7 heteroatoms. The van der Waals surface area contributed by atoms with Crippen molar-refractivity contribution in [2.45, 2.75) is 13.0 Å². The van der Waals surface area contributed by atoms with Gasteiger partial charge in [-0.1, -0.05) is 23.7 Å². The van der Waals surface area contributed by atoms with E-state index in [1.807, 2.05) is 37.3 Å². The Bertz CT molecular complexity index is 954. The molecular formula is C18H16ClN3O3. The standard InChI is InChI=1S/C18H16ClN3O3/c1-11(12-5-6-13-14(10-12)25-9-8-24-13)20-18(23)16-17(19)21-15-4-2-3-7-22(15)16/h2-7,10-11H,8-9H2,1H3,(H,20,23)/t11-/m1/s1. The number of hydrogen-bond donors (Lipinski definition) is 1. The number of pyridine rings is 1. The fourth-order valence-corrected chi connectivity index (χ4v) is 3.11. The number of nitrogens with one attached hydrogen (secondary N) is 1. The van der Waals surface area contributed by atoms with Gasteiger partial charge >= 0.3 is 0 Å². The fourth-order valence-electron chi connectivity index (χ4n) is 2.85. The number of hydrogen-bond acceptors (Lipinski definition) is 4. The molecule has 1 N–H and O–H groups in total. The second-order valence-corrected chi connectivity index (χ2v) is 6.14. The molecule has 1 aliphatic heterocycles. The number of halogens is 1. The van der Waals surface area contributed by atoms with Gasteiger partial charge in [0.15, 0.2) is 22.3 Å². The van der Waals surface area contributed by atoms with E-state index < -0.39 is 0 Å². The van der Waals surface area contributed by atoms with Crippen molar-refractivity contribution in [3.63, 3.8) is 0 Å². The number of benzene rings is 1. The molecular weight excluding hydrogens is 342 g/mol. The van der Waals surface area contributed by atoms with Crippen LogP contribution in [0.4, 0.5) is 0 Å². The van der Waals surface area contributed by atoms with Crippen molar-refractivity contribution >= 4 is 23.2 Å². The van der Waals surface area contributed by atoms with Crippen LogP contribution in [0.5, 0.6) is 11.5 Å². The predicted octanol–water partition coefficient (Wildman–Crippen LogP) is 3.25. The maximum absolute atomic E-state index is 12.7. The maximum Gasteiger partial charge on any atom is 0.272 e. The number of amides is 1. The Morgan fingerprint density at radius 2 is 2.04 bits per heavy atom. The summed E-state index contributed by atoms with van der Waals surface area (Å²) in [7, 11) is 0. The number of imidazole rings is 1. The first-order valence-corrected chi connectivity index (χ1v) is 8.34. The van der Waals surface area contributed by atoms with Gasteiger partial charge < -0.3 is 14.8 Å². The Morgan fingerprint density at radius 3 is 2.88 bits per heavy atom. The van der Waals surface area contributed by atoms with Crippen LogP contribution in [0.15, 0.2) is 42.6 Å². The molecule has 0 aliphatic carbocycles. The third-order valence-corrected chi connectivity index (χ3v) is 4.38. The monoisotopic (exact) mass is 357 g/mol. The minimum absolute atomic E-state index is 0.179. The van der Waals surface area contributed by atoms with Crippen LogP contribution < -0.4 is 14.8 Å². The lowest BCUT2D eigenvalue weighted by atomic mass is 10.1. The number of carbonyl (C=O) groups excluding carboxylic acids is 1. The molecule has 1 aromatic carbocycles. The molecule has 0 bridgehead atoms. The Labute approximate surface area is 149 Å². The van der Waals surface area contributed by atoms with E-state index >= 15 is 0 Å². The van der Waals surface area contributed by atoms with Gasteiger partial charge in [0, 0.05) is 6.20 Å². The highest BCUT2D eigenvalue weighted by Crippen LogP contribution is 2.32. The summed E-state index contributed by atoms with van der Waals surface area (Å²) in [6, 6.07) is 10.9. The van der Waals surface area contributed by atoms with E-state index in [2.05, 4.69) is 10.3 Å². The van der Waals surface area contributed by atoms with Crippen LogP contribution >= 0.6 is 11.6 Å². The fraction of sp³-hybridized carbons (Fsp3) is 0.222. The van der Waals surface area contributed by atoms with Gasteiger partial charge in [-0.25, -0.2) is 4.98 Å². The van der Waals surface area contributed by atoms with Crippen molar-refractivity contribution in [1.29, 1.82) is 0 Å². The van der Waals surface area contributed by atoms with Gasteiger partial charge in [-0.3, -0.25) is 9.20 Å². The zero-order valence-electron chi connectivity index (χ0n) is 13.5. The Kier molecular flexibility index (Phi) is 3.97. The van der Waals surface area contributed by atoms with Gasteiger partial charge in [-0.2, -0.15) is 0 Å². The van der Waals surface area contributed by atoms with E-state index in [-0.39, 0.29) is 17.1 Å². The van der Waals surface area contributed by atoms with Crippen LogP contribution in [0.3, 0.4) is 0 Å². The molecule has 0 fully saturated rings. The lowest BCUT2D eigenvalue weighted by Gasteiger charge is -2.21. The van der Waals surface area contributed by atoms with E-state index in [9.17, 15) is 4.79 Å². The lowest BCUT2D eigenvalue weighted by molar-refractivity contribution is 0.0934. The van der Waals surface area contributed by atoms with Crippen molar-refractivity contribution < 1.29 is 14.3 Å². The van der Waals surface area contributed by atoms with Crippen molar-refractivity contribution in [3.05, 3.63) is 59.0 Å². The van der Waals surface area contributed by atoms with Crippen molar-refractivity contribution in [3.8, 4) is 11.5 Å². The van der Waals surface area contributed by atoms with Crippen molar-refractivity contribution in [1.82, 2.24) is 14.7 Å². The minimum atomic E-state index is -0.286. The van der Waals surface area contributed by atoms with E-state index in [1.54, 1.807) is 16.7 Å². The van der Waals surface area contributed by atoms with Crippen LogP contribution in [0.1, 0.15) is 29.0 Å². The summed E-state index contributed by atoms with van der Waals surface area (Å²) in [5.41, 5.74) is 1.87. The Hall–Kier alpha value is -2.73.